The van der Waals surface area contributed by atoms with Crippen LogP contribution in [0.4, 0.5) is 0 Å². The molecule has 0 amide bonds. The Hall–Kier alpha value is -2.22. The van der Waals surface area contributed by atoms with Crippen molar-refractivity contribution in [2.75, 3.05) is 0 Å². The first-order valence-corrected chi connectivity index (χ1v) is 6.08. The van der Waals surface area contributed by atoms with Crippen LogP contribution in [0.2, 0.25) is 0 Å². The Morgan fingerprint density at radius 1 is 0.722 bits per heavy atom. The van der Waals surface area contributed by atoms with Crippen LogP contribution < -0.4 is 0 Å². The predicted octanol–water partition coefficient (Wildman–Crippen LogP) is 3.24. The second-order valence-electron chi connectivity index (χ2n) is 4.40. The molecule has 1 aliphatic heterocycles. The molecule has 0 aromatic heterocycles. The minimum Gasteiger partial charge on any atom is -0.257 e. The summed E-state index contributed by atoms with van der Waals surface area (Å²) in [6.45, 7) is 0. The SMILES string of the molecule is C1=NC(Cc2ccccc2)(c2ccccc2)N=C1. The van der Waals surface area contributed by atoms with Gasteiger partial charge in [0.05, 0.1) is 0 Å². The van der Waals surface area contributed by atoms with E-state index in [1.54, 1.807) is 12.4 Å². The molecule has 0 fully saturated rings. The summed E-state index contributed by atoms with van der Waals surface area (Å²) < 4.78 is 0. The van der Waals surface area contributed by atoms with Crippen molar-refractivity contribution in [1.82, 2.24) is 0 Å². The van der Waals surface area contributed by atoms with Crippen molar-refractivity contribution in [2.24, 2.45) is 9.98 Å². The Morgan fingerprint density at radius 2 is 1.28 bits per heavy atom. The summed E-state index contributed by atoms with van der Waals surface area (Å²) in [6, 6.07) is 20.6. The Bertz CT molecular complexity index is 559. The van der Waals surface area contributed by atoms with Gasteiger partial charge < -0.3 is 0 Å². The van der Waals surface area contributed by atoms with E-state index >= 15 is 0 Å². The summed E-state index contributed by atoms with van der Waals surface area (Å²) in [5, 5.41) is 0. The molecular formula is C16H14N2. The molecule has 2 nitrogen and oxygen atoms in total. The van der Waals surface area contributed by atoms with Gasteiger partial charge in [0.2, 0.25) is 0 Å². The maximum absolute atomic E-state index is 4.59. The van der Waals surface area contributed by atoms with Crippen LogP contribution in [0.25, 0.3) is 0 Å². The summed E-state index contributed by atoms with van der Waals surface area (Å²) in [7, 11) is 0. The minimum absolute atomic E-state index is 0.470. The van der Waals surface area contributed by atoms with Gasteiger partial charge in [0, 0.05) is 24.4 Å². The lowest BCUT2D eigenvalue weighted by Crippen LogP contribution is -2.22. The molecule has 2 aromatic carbocycles. The normalized spacial score (nSPS) is 16.0. The molecule has 0 spiro atoms. The number of aliphatic imine (C=N–C) groups is 2. The number of rotatable bonds is 3. The van der Waals surface area contributed by atoms with Crippen molar-refractivity contribution in [3.8, 4) is 0 Å². The van der Waals surface area contributed by atoms with Gasteiger partial charge in [-0.2, -0.15) is 0 Å². The number of hydrogen-bond donors (Lipinski definition) is 0. The summed E-state index contributed by atoms with van der Waals surface area (Å²) >= 11 is 0. The quantitative estimate of drug-likeness (QED) is 0.779. The molecule has 1 heterocycles. The molecule has 3 rings (SSSR count). The van der Waals surface area contributed by atoms with Crippen LogP contribution in [0.15, 0.2) is 70.6 Å². The lowest BCUT2D eigenvalue weighted by molar-refractivity contribution is 0.482. The van der Waals surface area contributed by atoms with E-state index in [-0.39, 0.29) is 0 Å². The fourth-order valence-electron chi connectivity index (χ4n) is 2.27. The fraction of sp³-hybridized carbons (Fsp3) is 0.125. The first-order valence-electron chi connectivity index (χ1n) is 6.08. The van der Waals surface area contributed by atoms with Gasteiger partial charge in [-0.05, 0) is 5.56 Å². The van der Waals surface area contributed by atoms with Gasteiger partial charge in [-0.3, -0.25) is 9.98 Å². The van der Waals surface area contributed by atoms with E-state index in [1.807, 2.05) is 24.3 Å². The van der Waals surface area contributed by atoms with E-state index in [2.05, 4.69) is 46.4 Å². The van der Waals surface area contributed by atoms with Gasteiger partial charge in [-0.1, -0.05) is 60.7 Å². The maximum atomic E-state index is 4.59. The highest BCUT2D eigenvalue weighted by molar-refractivity contribution is 6.17. The molecule has 1 aliphatic rings. The Labute approximate surface area is 107 Å². The maximum Gasteiger partial charge on any atom is 0.179 e. The topological polar surface area (TPSA) is 24.7 Å². The van der Waals surface area contributed by atoms with Crippen molar-refractivity contribution in [3.05, 3.63) is 71.8 Å². The van der Waals surface area contributed by atoms with Crippen LogP contribution in [0.3, 0.4) is 0 Å². The molecule has 0 unspecified atom stereocenters. The third-order valence-electron chi connectivity index (χ3n) is 3.17. The van der Waals surface area contributed by atoms with Crippen LogP contribution in [0.5, 0.6) is 0 Å². The van der Waals surface area contributed by atoms with Crippen LogP contribution in [-0.2, 0) is 12.1 Å². The van der Waals surface area contributed by atoms with Crippen LogP contribution >= 0.6 is 0 Å². The average Bonchev–Trinajstić information content (AvgIpc) is 2.91. The highest BCUT2D eigenvalue weighted by Gasteiger charge is 2.31. The van der Waals surface area contributed by atoms with Crippen molar-refractivity contribution in [2.45, 2.75) is 12.1 Å². The molecule has 0 saturated carbocycles. The molecule has 2 aromatic rings. The van der Waals surface area contributed by atoms with E-state index in [4.69, 9.17) is 0 Å². The molecule has 0 atom stereocenters. The zero-order valence-electron chi connectivity index (χ0n) is 10.0. The average molecular weight is 234 g/mol. The van der Waals surface area contributed by atoms with Crippen molar-refractivity contribution >= 4 is 12.4 Å². The largest absolute Gasteiger partial charge is 0.257 e. The zero-order valence-corrected chi connectivity index (χ0v) is 10.0. The Kier molecular flexibility index (Phi) is 2.77. The summed E-state index contributed by atoms with van der Waals surface area (Å²) in [6.07, 6.45) is 4.37. The molecular weight excluding hydrogens is 220 g/mol. The molecule has 0 saturated heterocycles. The molecule has 0 aliphatic carbocycles. The first kappa shape index (κ1) is 10.9. The molecule has 0 radical (unpaired) electrons. The Balaban J connectivity index is 1.99. The van der Waals surface area contributed by atoms with E-state index in [9.17, 15) is 0 Å². The van der Waals surface area contributed by atoms with Crippen LogP contribution in [0.1, 0.15) is 11.1 Å². The van der Waals surface area contributed by atoms with Crippen LogP contribution in [-0.4, -0.2) is 12.4 Å². The summed E-state index contributed by atoms with van der Waals surface area (Å²) in [5.74, 6) is 0. The van der Waals surface area contributed by atoms with E-state index in [0.29, 0.717) is 0 Å². The Morgan fingerprint density at radius 3 is 1.89 bits per heavy atom. The zero-order chi connectivity index (χ0) is 12.3. The monoisotopic (exact) mass is 234 g/mol. The second kappa shape index (κ2) is 4.57. The van der Waals surface area contributed by atoms with Crippen LogP contribution in [0, 0.1) is 0 Å². The summed E-state index contributed by atoms with van der Waals surface area (Å²) in [5.41, 5.74) is 1.92. The van der Waals surface area contributed by atoms with Crippen molar-refractivity contribution in [3.63, 3.8) is 0 Å². The molecule has 0 N–H and O–H groups in total. The smallest absolute Gasteiger partial charge is 0.179 e. The second-order valence-corrected chi connectivity index (χ2v) is 4.40. The van der Waals surface area contributed by atoms with Gasteiger partial charge in [-0.15, -0.1) is 0 Å². The highest BCUT2D eigenvalue weighted by atomic mass is 15.1. The van der Waals surface area contributed by atoms with Gasteiger partial charge in [0.1, 0.15) is 0 Å². The lowest BCUT2D eigenvalue weighted by atomic mass is 9.93. The van der Waals surface area contributed by atoms with Gasteiger partial charge in [-0.25, -0.2) is 0 Å². The highest BCUT2D eigenvalue weighted by Crippen LogP contribution is 2.33. The first-order chi connectivity index (χ1) is 8.89. The van der Waals surface area contributed by atoms with E-state index in [0.717, 1.165) is 12.0 Å². The van der Waals surface area contributed by atoms with Gasteiger partial charge >= 0.3 is 0 Å². The van der Waals surface area contributed by atoms with Crippen molar-refractivity contribution in [1.29, 1.82) is 0 Å². The molecule has 0 bridgehead atoms. The minimum atomic E-state index is -0.470. The molecule has 18 heavy (non-hydrogen) atoms. The van der Waals surface area contributed by atoms with Gasteiger partial charge in [0.25, 0.3) is 0 Å². The van der Waals surface area contributed by atoms with Gasteiger partial charge in [0.15, 0.2) is 5.66 Å². The third kappa shape index (κ3) is 1.97. The predicted molar refractivity (Wildman–Crippen MR) is 75.3 cm³/mol. The fourth-order valence-corrected chi connectivity index (χ4v) is 2.27. The van der Waals surface area contributed by atoms with E-state index in [1.165, 1.54) is 5.56 Å². The standard InChI is InChI=1S/C16H14N2/c1-3-7-14(8-4-1)13-16(17-11-12-18-16)15-9-5-2-6-10-15/h1-12H,13H2. The molecule has 2 heteroatoms. The molecule has 88 valence electrons. The van der Waals surface area contributed by atoms with Crippen molar-refractivity contribution < 1.29 is 0 Å². The number of hydrogen-bond acceptors (Lipinski definition) is 2. The number of benzene rings is 2. The lowest BCUT2D eigenvalue weighted by Gasteiger charge is -2.23. The van der Waals surface area contributed by atoms with E-state index < -0.39 is 5.66 Å². The summed E-state index contributed by atoms with van der Waals surface area (Å²) in [4.78, 5) is 9.17. The number of nitrogens with zero attached hydrogens (tertiary/aromatic N) is 2. The third-order valence-corrected chi connectivity index (χ3v) is 3.17.